The first-order valence-electron chi connectivity index (χ1n) is 9.95. The summed E-state index contributed by atoms with van der Waals surface area (Å²) in [7, 11) is -0.0215. The van der Waals surface area contributed by atoms with Crippen molar-refractivity contribution in [2.45, 2.75) is 44.6 Å². The molecule has 3 aromatic carbocycles. The van der Waals surface area contributed by atoms with E-state index >= 15 is 0 Å². The average molecular weight is 374 g/mol. The van der Waals surface area contributed by atoms with E-state index in [9.17, 15) is 0 Å². The molecule has 0 aliphatic heterocycles. The van der Waals surface area contributed by atoms with Crippen LogP contribution in [0.1, 0.15) is 39.0 Å². The molecule has 0 bridgehead atoms. The van der Waals surface area contributed by atoms with E-state index in [4.69, 9.17) is 4.74 Å². The summed E-state index contributed by atoms with van der Waals surface area (Å²) in [5.74, 6) is 1.01. The summed E-state index contributed by atoms with van der Waals surface area (Å²) in [5.41, 5.74) is 0.00854. The van der Waals surface area contributed by atoms with Crippen molar-refractivity contribution in [2.75, 3.05) is 0 Å². The standard InChI is InChI=1S/C25H25OS/c1-25(17-7-2-8-18-25)26-19-13-15-20(16-14-19)27-23-11-5-3-9-21(23)22-10-4-6-12-24(22)27/h3-6,9-16H,2,7-8,17-18H2,1H3/q+1. The molecule has 0 unspecified atom stereocenters. The second-order valence-corrected chi connectivity index (χ2v) is 9.85. The van der Waals surface area contributed by atoms with Gasteiger partial charge < -0.3 is 4.74 Å². The van der Waals surface area contributed by atoms with Crippen LogP contribution in [0, 0.1) is 0 Å². The number of fused-ring (bicyclic) bond motifs is 3. The van der Waals surface area contributed by atoms with E-state index < -0.39 is 0 Å². The average Bonchev–Trinajstić information content (AvgIpc) is 3.04. The van der Waals surface area contributed by atoms with Crippen molar-refractivity contribution >= 4 is 30.6 Å². The quantitative estimate of drug-likeness (QED) is 0.332. The Morgan fingerprint density at radius 3 is 1.85 bits per heavy atom. The monoisotopic (exact) mass is 373 g/mol. The molecule has 1 aromatic heterocycles. The van der Waals surface area contributed by atoms with Gasteiger partial charge in [-0.2, -0.15) is 0 Å². The van der Waals surface area contributed by atoms with E-state index in [0.717, 1.165) is 5.75 Å². The van der Waals surface area contributed by atoms with Gasteiger partial charge in [0.15, 0.2) is 14.3 Å². The normalized spacial score (nSPS) is 16.6. The number of ether oxygens (including phenoxy) is 1. The van der Waals surface area contributed by atoms with E-state index in [0.29, 0.717) is 0 Å². The first-order chi connectivity index (χ1) is 13.2. The van der Waals surface area contributed by atoms with Gasteiger partial charge in [-0.15, -0.1) is 0 Å². The number of hydrogen-bond acceptors (Lipinski definition) is 1. The van der Waals surface area contributed by atoms with Crippen LogP contribution >= 0.6 is 10.5 Å². The second-order valence-electron chi connectivity index (χ2n) is 7.88. The molecule has 5 rings (SSSR count). The molecule has 1 fully saturated rings. The molecular weight excluding hydrogens is 348 g/mol. The number of hydrogen-bond donors (Lipinski definition) is 0. The Kier molecular flexibility index (Phi) is 4.17. The Hall–Kier alpha value is -2.32. The second kappa shape index (κ2) is 6.69. The Morgan fingerprint density at radius 1 is 0.704 bits per heavy atom. The molecule has 27 heavy (non-hydrogen) atoms. The van der Waals surface area contributed by atoms with E-state index in [1.54, 1.807) is 0 Å². The molecule has 1 nitrogen and oxygen atoms in total. The van der Waals surface area contributed by atoms with Crippen LogP contribution in [-0.2, 0) is 0 Å². The summed E-state index contributed by atoms with van der Waals surface area (Å²) in [6.45, 7) is 2.27. The van der Waals surface area contributed by atoms with Gasteiger partial charge in [0, 0.05) is 33.4 Å². The molecule has 0 radical (unpaired) electrons. The van der Waals surface area contributed by atoms with Crippen LogP contribution < -0.4 is 4.74 Å². The molecule has 1 aliphatic rings. The van der Waals surface area contributed by atoms with Gasteiger partial charge in [-0.25, -0.2) is 0 Å². The minimum atomic E-state index is -0.0215. The molecule has 0 N–H and O–H groups in total. The van der Waals surface area contributed by atoms with Crippen LogP contribution in [0.2, 0.25) is 0 Å². The molecule has 1 aliphatic carbocycles. The fourth-order valence-electron chi connectivity index (χ4n) is 4.44. The maximum atomic E-state index is 6.40. The van der Waals surface area contributed by atoms with Crippen LogP contribution in [-0.4, -0.2) is 5.60 Å². The highest BCUT2D eigenvalue weighted by atomic mass is 32.2. The summed E-state index contributed by atoms with van der Waals surface area (Å²) in [5, 5.41) is 2.76. The zero-order valence-electron chi connectivity index (χ0n) is 15.8. The fraction of sp³-hybridized carbons (Fsp3) is 0.280. The smallest absolute Gasteiger partial charge is 0.187 e. The van der Waals surface area contributed by atoms with Crippen molar-refractivity contribution < 1.29 is 4.74 Å². The molecule has 0 spiro atoms. The van der Waals surface area contributed by atoms with Gasteiger partial charge in [0.2, 0.25) is 0 Å². The van der Waals surface area contributed by atoms with Crippen molar-refractivity contribution in [3.8, 4) is 10.6 Å². The first-order valence-corrected chi connectivity index (χ1v) is 11.2. The summed E-state index contributed by atoms with van der Waals surface area (Å²) < 4.78 is 9.28. The minimum Gasteiger partial charge on any atom is -0.488 e. The lowest BCUT2D eigenvalue weighted by atomic mass is 9.86. The van der Waals surface area contributed by atoms with E-state index in [1.165, 1.54) is 57.2 Å². The molecule has 1 heterocycles. The lowest BCUT2D eigenvalue weighted by molar-refractivity contribution is 0.0487. The minimum absolute atomic E-state index is 0.00854. The Labute approximate surface area is 163 Å². The Morgan fingerprint density at radius 2 is 1.26 bits per heavy atom. The zero-order chi connectivity index (χ0) is 18.3. The van der Waals surface area contributed by atoms with Gasteiger partial charge in [-0.3, -0.25) is 0 Å². The molecule has 1 saturated carbocycles. The van der Waals surface area contributed by atoms with Crippen LogP contribution in [0.3, 0.4) is 0 Å². The fourth-order valence-corrected chi connectivity index (χ4v) is 6.81. The Balaban J connectivity index is 1.55. The summed E-state index contributed by atoms with van der Waals surface area (Å²) in [6, 6.07) is 26.6. The third-order valence-electron chi connectivity index (χ3n) is 5.84. The van der Waals surface area contributed by atoms with Crippen LogP contribution in [0.5, 0.6) is 5.75 Å². The summed E-state index contributed by atoms with van der Waals surface area (Å²) in [4.78, 5) is 1.37. The molecule has 0 atom stereocenters. The van der Waals surface area contributed by atoms with Crippen molar-refractivity contribution in [3.05, 3.63) is 72.8 Å². The highest BCUT2D eigenvalue weighted by Gasteiger charge is 2.29. The number of benzene rings is 3. The molecule has 0 amide bonds. The highest BCUT2D eigenvalue weighted by Crippen LogP contribution is 2.48. The first kappa shape index (κ1) is 16.8. The van der Waals surface area contributed by atoms with Crippen LogP contribution in [0.25, 0.3) is 25.1 Å². The lowest BCUT2D eigenvalue weighted by Gasteiger charge is -2.34. The predicted octanol–water partition coefficient (Wildman–Crippen LogP) is 7.83. The van der Waals surface area contributed by atoms with Crippen molar-refractivity contribution in [3.63, 3.8) is 0 Å². The van der Waals surface area contributed by atoms with Gasteiger partial charge in [-0.05, 0) is 69.0 Å². The zero-order valence-corrected chi connectivity index (χ0v) is 16.6. The number of thiophene rings is 1. The number of rotatable bonds is 3. The van der Waals surface area contributed by atoms with Crippen molar-refractivity contribution in [1.29, 1.82) is 0 Å². The Bertz CT molecular complexity index is 1030. The van der Waals surface area contributed by atoms with Crippen molar-refractivity contribution in [1.82, 2.24) is 0 Å². The van der Waals surface area contributed by atoms with E-state index in [-0.39, 0.29) is 16.1 Å². The maximum absolute atomic E-state index is 6.40. The maximum Gasteiger partial charge on any atom is 0.187 e. The molecule has 2 heteroatoms. The van der Waals surface area contributed by atoms with Crippen LogP contribution in [0.15, 0.2) is 72.8 Å². The highest BCUT2D eigenvalue weighted by molar-refractivity contribution is 7.50. The largest absolute Gasteiger partial charge is 0.488 e. The topological polar surface area (TPSA) is 9.23 Å². The SMILES string of the molecule is CC1(Oc2ccc(-[s+]3c4ccccc4c4ccccc43)cc2)CCCCC1. The third kappa shape index (κ3) is 3.02. The molecule has 136 valence electrons. The van der Waals surface area contributed by atoms with Gasteiger partial charge in [0.25, 0.3) is 0 Å². The molecule has 4 aromatic rings. The third-order valence-corrected chi connectivity index (χ3v) is 8.17. The van der Waals surface area contributed by atoms with E-state index in [1.807, 2.05) is 0 Å². The van der Waals surface area contributed by atoms with Gasteiger partial charge in [0.1, 0.15) is 11.4 Å². The van der Waals surface area contributed by atoms with E-state index in [2.05, 4.69) is 79.7 Å². The summed E-state index contributed by atoms with van der Waals surface area (Å²) in [6.07, 6.45) is 6.25. The lowest BCUT2D eigenvalue weighted by Crippen LogP contribution is -2.34. The van der Waals surface area contributed by atoms with Crippen LogP contribution in [0.4, 0.5) is 0 Å². The summed E-state index contributed by atoms with van der Waals surface area (Å²) >= 11 is 0. The predicted molar refractivity (Wildman–Crippen MR) is 117 cm³/mol. The van der Waals surface area contributed by atoms with Gasteiger partial charge >= 0.3 is 0 Å². The molecular formula is C25H25OS+. The molecule has 0 saturated heterocycles. The van der Waals surface area contributed by atoms with Gasteiger partial charge in [0.05, 0.1) is 0 Å². The van der Waals surface area contributed by atoms with Gasteiger partial charge in [-0.1, -0.05) is 30.7 Å². The van der Waals surface area contributed by atoms with Crippen molar-refractivity contribution in [2.24, 2.45) is 0 Å².